The summed E-state index contributed by atoms with van der Waals surface area (Å²) < 4.78 is 11.7. The molecule has 0 fully saturated rings. The van der Waals surface area contributed by atoms with Gasteiger partial charge in [-0.2, -0.15) is 0 Å². The monoisotopic (exact) mass is 296 g/mol. The molecule has 1 amide bonds. The molecule has 75 valence electrons. The van der Waals surface area contributed by atoms with Crippen LogP contribution >= 0.6 is 0 Å². The van der Waals surface area contributed by atoms with Gasteiger partial charge in [0, 0.05) is 38.9 Å². The number of para-hydroxylation sites is 1. The van der Waals surface area contributed by atoms with E-state index >= 15 is 0 Å². The Labute approximate surface area is 115 Å². The quantitative estimate of drug-likeness (QED) is 0.856. The van der Waals surface area contributed by atoms with E-state index in [1.165, 1.54) is 6.20 Å². The normalized spacial score (nSPS) is 17.9. The molecule has 0 spiro atoms. The summed E-state index contributed by atoms with van der Waals surface area (Å²) in [5.74, 6) is -0.912. The van der Waals surface area contributed by atoms with Crippen molar-refractivity contribution >= 4 is 22.4 Å². The SMILES string of the molecule is [NH-]C(=O)C1=CNc2ccccc2S1=O.[Y]. The second kappa shape index (κ2) is 5.01. The third-order valence-corrected chi connectivity index (χ3v) is 3.33. The Morgan fingerprint density at radius 3 is 2.67 bits per heavy atom. The molecule has 1 heterocycles. The van der Waals surface area contributed by atoms with Gasteiger partial charge in [0.05, 0.1) is 32.2 Å². The summed E-state index contributed by atoms with van der Waals surface area (Å²) in [6.45, 7) is 0. The second-order valence-corrected chi connectivity index (χ2v) is 4.16. The molecule has 15 heavy (non-hydrogen) atoms. The first kappa shape index (κ1) is 12.6. The smallest absolute Gasteiger partial charge is 0.0905 e. The summed E-state index contributed by atoms with van der Waals surface area (Å²) in [5.41, 5.74) is 7.62. The number of rotatable bonds is 1. The van der Waals surface area contributed by atoms with Crippen molar-refractivity contribution in [2.75, 3.05) is 5.32 Å². The minimum atomic E-state index is -1.52. The molecule has 1 atom stereocenters. The van der Waals surface area contributed by atoms with Gasteiger partial charge in [-0.1, -0.05) is 12.1 Å². The molecule has 1 aliphatic rings. The predicted molar refractivity (Wildman–Crippen MR) is 53.9 cm³/mol. The molecule has 1 aromatic carbocycles. The number of fused-ring (bicyclic) bond motifs is 1. The Morgan fingerprint density at radius 2 is 2.00 bits per heavy atom. The average molecular weight is 296 g/mol. The van der Waals surface area contributed by atoms with E-state index in [1.807, 2.05) is 6.07 Å². The van der Waals surface area contributed by atoms with E-state index < -0.39 is 16.7 Å². The first-order valence-electron chi connectivity index (χ1n) is 3.93. The zero-order valence-electron chi connectivity index (χ0n) is 7.69. The number of hydrogen-bond donors (Lipinski definition) is 1. The Bertz CT molecular complexity index is 459. The van der Waals surface area contributed by atoms with Crippen molar-refractivity contribution in [1.29, 1.82) is 0 Å². The van der Waals surface area contributed by atoms with Crippen LogP contribution in [0.2, 0.25) is 0 Å². The van der Waals surface area contributed by atoms with E-state index in [-0.39, 0.29) is 37.6 Å². The van der Waals surface area contributed by atoms with Crippen LogP contribution in [0.3, 0.4) is 0 Å². The van der Waals surface area contributed by atoms with Crippen LogP contribution in [-0.2, 0) is 48.3 Å². The Morgan fingerprint density at radius 1 is 1.33 bits per heavy atom. The zero-order valence-corrected chi connectivity index (χ0v) is 11.3. The third kappa shape index (κ3) is 2.35. The number of carbonyl (C=O) groups is 1. The van der Waals surface area contributed by atoms with Gasteiger partial charge in [-0.05, 0) is 12.1 Å². The maximum Gasteiger partial charge on any atom is 0.0905 e. The van der Waals surface area contributed by atoms with Crippen LogP contribution in [0.15, 0.2) is 40.3 Å². The fraction of sp³-hybridized carbons (Fsp3) is 0. The second-order valence-electron chi connectivity index (χ2n) is 2.75. The van der Waals surface area contributed by atoms with Crippen molar-refractivity contribution in [3.63, 3.8) is 0 Å². The van der Waals surface area contributed by atoms with E-state index in [2.05, 4.69) is 5.32 Å². The molecule has 1 aromatic rings. The topological polar surface area (TPSA) is 70.0 Å². The third-order valence-electron chi connectivity index (χ3n) is 1.87. The van der Waals surface area contributed by atoms with Crippen molar-refractivity contribution in [1.82, 2.24) is 0 Å². The van der Waals surface area contributed by atoms with Crippen LogP contribution in [0.5, 0.6) is 0 Å². The molecule has 0 aromatic heterocycles. The molecule has 1 unspecified atom stereocenters. The standard InChI is InChI=1S/C9H8N2O2S.Y/c10-9(12)8-5-11-6-3-1-2-4-7(6)14(8)13;/h1-5H,(H3,10,11,12);/p-1. The minimum absolute atomic E-state index is 0. The molecule has 2 rings (SSSR count). The Hall–Kier alpha value is -0.516. The number of anilines is 1. The minimum Gasteiger partial charge on any atom is -0.663 e. The van der Waals surface area contributed by atoms with Gasteiger partial charge in [0.1, 0.15) is 0 Å². The Kier molecular flexibility index (Phi) is 4.19. The van der Waals surface area contributed by atoms with Crippen LogP contribution in [0.4, 0.5) is 5.69 Å². The van der Waals surface area contributed by atoms with Gasteiger partial charge in [-0.3, -0.25) is 0 Å². The molecule has 0 aliphatic carbocycles. The van der Waals surface area contributed by atoms with Gasteiger partial charge in [0.15, 0.2) is 0 Å². The molecule has 1 radical (unpaired) electrons. The van der Waals surface area contributed by atoms with Gasteiger partial charge >= 0.3 is 0 Å². The van der Waals surface area contributed by atoms with Gasteiger partial charge in [0.25, 0.3) is 0 Å². The summed E-state index contributed by atoms with van der Waals surface area (Å²) in [5, 5.41) is 2.83. The summed E-state index contributed by atoms with van der Waals surface area (Å²) in [7, 11) is -1.52. The molecule has 1 aliphatic heterocycles. The van der Waals surface area contributed by atoms with Crippen LogP contribution < -0.4 is 5.32 Å². The van der Waals surface area contributed by atoms with Crippen molar-refractivity contribution < 1.29 is 41.7 Å². The molecule has 4 nitrogen and oxygen atoms in total. The molecule has 0 saturated heterocycles. The van der Waals surface area contributed by atoms with Gasteiger partial charge in [-0.15, -0.1) is 0 Å². The fourth-order valence-corrected chi connectivity index (χ4v) is 2.31. The van der Waals surface area contributed by atoms with E-state index in [0.29, 0.717) is 4.90 Å². The molecular weight excluding hydrogens is 289 g/mol. The fourth-order valence-electron chi connectivity index (χ4n) is 1.21. The zero-order chi connectivity index (χ0) is 10.1. The number of hydrogen-bond acceptors (Lipinski definition) is 3. The van der Waals surface area contributed by atoms with Crippen LogP contribution in [0, 0.1) is 0 Å². The number of amides is 1. The van der Waals surface area contributed by atoms with Crippen molar-refractivity contribution in [3.05, 3.63) is 41.1 Å². The molecule has 0 bridgehead atoms. The van der Waals surface area contributed by atoms with Gasteiger partial charge in [-0.25, -0.2) is 4.21 Å². The molecule has 6 heteroatoms. The van der Waals surface area contributed by atoms with E-state index in [9.17, 15) is 9.00 Å². The molecular formula is C9H7N2O2SY-. The maximum atomic E-state index is 11.7. The average Bonchev–Trinajstić information content (AvgIpc) is 2.18. The van der Waals surface area contributed by atoms with Crippen LogP contribution in [-0.4, -0.2) is 10.1 Å². The van der Waals surface area contributed by atoms with Crippen molar-refractivity contribution in [2.45, 2.75) is 4.90 Å². The molecule has 2 N–H and O–H groups in total. The maximum absolute atomic E-state index is 11.7. The molecule has 0 saturated carbocycles. The number of benzene rings is 1. The summed E-state index contributed by atoms with van der Waals surface area (Å²) in [4.78, 5) is 11.3. The van der Waals surface area contributed by atoms with Crippen molar-refractivity contribution in [3.8, 4) is 0 Å². The summed E-state index contributed by atoms with van der Waals surface area (Å²) in [6, 6.07) is 7.00. The van der Waals surface area contributed by atoms with Crippen LogP contribution in [0.25, 0.3) is 5.73 Å². The van der Waals surface area contributed by atoms with Gasteiger partial charge in [0.2, 0.25) is 0 Å². The van der Waals surface area contributed by atoms with E-state index in [1.54, 1.807) is 18.2 Å². The van der Waals surface area contributed by atoms with E-state index in [4.69, 9.17) is 5.73 Å². The summed E-state index contributed by atoms with van der Waals surface area (Å²) in [6.07, 6.45) is 1.33. The van der Waals surface area contributed by atoms with Crippen molar-refractivity contribution in [2.24, 2.45) is 0 Å². The van der Waals surface area contributed by atoms with Gasteiger partial charge < -0.3 is 15.8 Å². The predicted octanol–water partition coefficient (Wildman–Crippen LogP) is 1.64. The number of nitrogens with one attached hydrogen (secondary N) is 2. The first-order valence-corrected chi connectivity index (χ1v) is 5.08. The van der Waals surface area contributed by atoms with Crippen LogP contribution in [0.1, 0.15) is 0 Å². The van der Waals surface area contributed by atoms with E-state index in [0.717, 1.165) is 5.69 Å². The number of carbonyl (C=O) groups excluding carboxylic acids is 1. The largest absolute Gasteiger partial charge is 0.663 e. The Balaban J connectivity index is 0.00000112. The summed E-state index contributed by atoms with van der Waals surface area (Å²) >= 11 is 0. The first-order chi connectivity index (χ1) is 6.70.